The van der Waals surface area contributed by atoms with E-state index in [0.717, 1.165) is 30.1 Å². The van der Waals surface area contributed by atoms with Gasteiger partial charge in [0.15, 0.2) is 0 Å². The Labute approximate surface area is 127 Å². The van der Waals surface area contributed by atoms with Gasteiger partial charge in [-0.25, -0.2) is 4.79 Å². The lowest BCUT2D eigenvalue weighted by Crippen LogP contribution is -2.45. The molecule has 1 rings (SSSR count). The van der Waals surface area contributed by atoms with Gasteiger partial charge in [0.2, 0.25) is 0 Å². The highest BCUT2D eigenvalue weighted by Gasteiger charge is 2.17. The van der Waals surface area contributed by atoms with Crippen molar-refractivity contribution in [3.63, 3.8) is 0 Å². The van der Waals surface area contributed by atoms with Gasteiger partial charge in [-0.2, -0.15) is 0 Å². The van der Waals surface area contributed by atoms with E-state index in [1.165, 1.54) is 0 Å². The van der Waals surface area contributed by atoms with E-state index < -0.39 is 0 Å². The fourth-order valence-corrected chi connectivity index (χ4v) is 2.38. The Balaban J connectivity index is 2.48. The summed E-state index contributed by atoms with van der Waals surface area (Å²) in [7, 11) is 1.78. The van der Waals surface area contributed by atoms with Gasteiger partial charge in [0.05, 0.1) is 12.2 Å². The van der Waals surface area contributed by atoms with Crippen LogP contribution < -0.4 is 5.32 Å². The number of hydrogen-bond donors (Lipinski definition) is 1. The van der Waals surface area contributed by atoms with E-state index in [1.54, 1.807) is 11.9 Å². The van der Waals surface area contributed by atoms with E-state index in [1.807, 2.05) is 13.8 Å². The number of rotatable bonds is 7. The maximum absolute atomic E-state index is 12.1. The number of carbonyl (C=O) groups is 1. The van der Waals surface area contributed by atoms with Crippen LogP contribution in [0, 0.1) is 13.8 Å². The molecule has 0 aliphatic rings. The van der Waals surface area contributed by atoms with Gasteiger partial charge in [-0.15, -0.1) is 0 Å². The SMILES string of the molecule is CCN(CC)C(C)CNC(=O)N(C)Cc1c(C)noc1C. The number of amides is 2. The average Bonchev–Trinajstić information content (AvgIpc) is 2.77. The summed E-state index contributed by atoms with van der Waals surface area (Å²) in [5.41, 5.74) is 1.81. The topological polar surface area (TPSA) is 61.6 Å². The van der Waals surface area contributed by atoms with Gasteiger partial charge in [0, 0.05) is 25.2 Å². The fourth-order valence-electron chi connectivity index (χ4n) is 2.38. The lowest BCUT2D eigenvalue weighted by molar-refractivity contribution is 0.193. The predicted octanol–water partition coefficient (Wildman–Crippen LogP) is 2.16. The zero-order valence-electron chi connectivity index (χ0n) is 14.1. The van der Waals surface area contributed by atoms with Crippen molar-refractivity contribution in [1.29, 1.82) is 0 Å². The molecule has 0 saturated carbocycles. The molecule has 0 saturated heterocycles. The van der Waals surface area contributed by atoms with E-state index in [4.69, 9.17) is 4.52 Å². The third-order valence-electron chi connectivity index (χ3n) is 3.91. The zero-order chi connectivity index (χ0) is 16.0. The molecule has 0 fully saturated rings. The number of nitrogens with one attached hydrogen (secondary N) is 1. The molecule has 0 aliphatic carbocycles. The second-order valence-electron chi connectivity index (χ2n) is 5.42. The van der Waals surface area contributed by atoms with Gasteiger partial charge in [0.25, 0.3) is 0 Å². The van der Waals surface area contributed by atoms with Gasteiger partial charge in [-0.3, -0.25) is 4.90 Å². The third kappa shape index (κ3) is 4.74. The molecule has 0 aliphatic heterocycles. The van der Waals surface area contributed by atoms with Gasteiger partial charge < -0.3 is 14.7 Å². The first-order valence-electron chi connectivity index (χ1n) is 7.55. The lowest BCUT2D eigenvalue weighted by Gasteiger charge is -2.27. The molecule has 1 atom stereocenters. The third-order valence-corrected chi connectivity index (χ3v) is 3.91. The molecule has 1 aromatic heterocycles. The summed E-state index contributed by atoms with van der Waals surface area (Å²) in [6.07, 6.45) is 0. The van der Waals surface area contributed by atoms with Crippen LogP contribution in [0.3, 0.4) is 0 Å². The van der Waals surface area contributed by atoms with Crippen molar-refractivity contribution in [3.8, 4) is 0 Å². The van der Waals surface area contributed by atoms with Crippen molar-refractivity contribution in [3.05, 3.63) is 17.0 Å². The fraction of sp³-hybridized carbons (Fsp3) is 0.733. The van der Waals surface area contributed by atoms with Crippen LogP contribution in [-0.4, -0.2) is 53.7 Å². The largest absolute Gasteiger partial charge is 0.361 e. The molecule has 0 aromatic carbocycles. The monoisotopic (exact) mass is 296 g/mol. The van der Waals surface area contributed by atoms with Gasteiger partial charge in [-0.05, 0) is 33.9 Å². The number of carbonyl (C=O) groups excluding carboxylic acids is 1. The predicted molar refractivity (Wildman–Crippen MR) is 83.2 cm³/mol. The van der Waals surface area contributed by atoms with Crippen molar-refractivity contribution >= 4 is 6.03 Å². The highest BCUT2D eigenvalue weighted by molar-refractivity contribution is 5.73. The Hall–Kier alpha value is -1.56. The summed E-state index contributed by atoms with van der Waals surface area (Å²) in [6.45, 7) is 13.3. The van der Waals surface area contributed by atoms with E-state index >= 15 is 0 Å². The zero-order valence-corrected chi connectivity index (χ0v) is 14.1. The first-order valence-corrected chi connectivity index (χ1v) is 7.55. The van der Waals surface area contributed by atoms with Gasteiger partial charge >= 0.3 is 6.03 Å². The second-order valence-corrected chi connectivity index (χ2v) is 5.42. The normalized spacial score (nSPS) is 12.5. The Morgan fingerprint density at radius 1 is 1.33 bits per heavy atom. The van der Waals surface area contributed by atoms with Crippen molar-refractivity contribution in [2.75, 3.05) is 26.7 Å². The highest BCUT2D eigenvalue weighted by Crippen LogP contribution is 2.14. The minimum absolute atomic E-state index is 0.0750. The molecule has 1 aromatic rings. The summed E-state index contributed by atoms with van der Waals surface area (Å²) in [6, 6.07) is 0.255. The number of hydrogen-bond acceptors (Lipinski definition) is 4. The van der Waals surface area contributed by atoms with Crippen LogP contribution in [0.15, 0.2) is 4.52 Å². The van der Waals surface area contributed by atoms with Crippen molar-refractivity contribution in [2.45, 2.75) is 47.2 Å². The molecule has 6 heteroatoms. The standard InChI is InChI=1S/C15H28N4O2/c1-7-19(8-2)11(3)9-16-15(20)18(6)10-14-12(4)17-21-13(14)5/h11H,7-10H2,1-6H3,(H,16,20). The van der Waals surface area contributed by atoms with Crippen LogP contribution in [-0.2, 0) is 6.54 Å². The molecular weight excluding hydrogens is 268 g/mol. The highest BCUT2D eigenvalue weighted by atomic mass is 16.5. The molecule has 21 heavy (non-hydrogen) atoms. The van der Waals surface area contributed by atoms with Gasteiger partial charge in [-0.1, -0.05) is 19.0 Å². The Morgan fingerprint density at radius 3 is 2.43 bits per heavy atom. The number of urea groups is 1. The molecule has 1 N–H and O–H groups in total. The molecule has 120 valence electrons. The summed E-state index contributed by atoms with van der Waals surface area (Å²) >= 11 is 0. The Bertz CT molecular complexity index is 435. The minimum atomic E-state index is -0.0750. The number of nitrogens with zero attached hydrogens (tertiary/aromatic N) is 3. The van der Waals surface area contributed by atoms with Crippen LogP contribution in [0.1, 0.15) is 37.8 Å². The average molecular weight is 296 g/mol. The summed E-state index contributed by atoms with van der Waals surface area (Å²) < 4.78 is 5.12. The van der Waals surface area contributed by atoms with Crippen molar-refractivity contribution in [1.82, 2.24) is 20.3 Å². The number of aryl methyl sites for hydroxylation is 2. The van der Waals surface area contributed by atoms with Crippen LogP contribution in [0.2, 0.25) is 0 Å². The second kappa shape index (κ2) is 8.02. The molecule has 0 radical (unpaired) electrons. The minimum Gasteiger partial charge on any atom is -0.361 e. The number of likely N-dealkylation sites (N-methyl/N-ethyl adjacent to an activating group) is 1. The maximum atomic E-state index is 12.1. The maximum Gasteiger partial charge on any atom is 0.317 e. The molecule has 6 nitrogen and oxygen atoms in total. The van der Waals surface area contributed by atoms with E-state index in [9.17, 15) is 4.79 Å². The van der Waals surface area contributed by atoms with E-state index in [2.05, 4.69) is 36.1 Å². The Kier molecular flexibility index (Phi) is 6.68. The van der Waals surface area contributed by atoms with Crippen LogP contribution >= 0.6 is 0 Å². The first kappa shape index (κ1) is 17.5. The molecule has 2 amide bonds. The summed E-state index contributed by atoms with van der Waals surface area (Å²) in [4.78, 5) is 16.1. The van der Waals surface area contributed by atoms with Crippen LogP contribution in [0.5, 0.6) is 0 Å². The Morgan fingerprint density at radius 2 is 1.95 bits per heavy atom. The quantitative estimate of drug-likeness (QED) is 0.837. The first-order chi connectivity index (χ1) is 9.90. The van der Waals surface area contributed by atoms with E-state index in [-0.39, 0.29) is 6.03 Å². The van der Waals surface area contributed by atoms with Crippen LogP contribution in [0.4, 0.5) is 4.79 Å². The lowest BCUT2D eigenvalue weighted by atomic mass is 10.2. The van der Waals surface area contributed by atoms with Crippen molar-refractivity contribution in [2.24, 2.45) is 0 Å². The summed E-state index contributed by atoms with van der Waals surface area (Å²) in [5.74, 6) is 0.767. The summed E-state index contributed by atoms with van der Waals surface area (Å²) in [5, 5.41) is 6.89. The van der Waals surface area contributed by atoms with Gasteiger partial charge in [0.1, 0.15) is 5.76 Å². The van der Waals surface area contributed by atoms with E-state index in [0.29, 0.717) is 19.1 Å². The molecule has 0 bridgehead atoms. The molecule has 1 heterocycles. The smallest absolute Gasteiger partial charge is 0.317 e. The van der Waals surface area contributed by atoms with Crippen molar-refractivity contribution < 1.29 is 9.32 Å². The molecule has 1 unspecified atom stereocenters. The molecule has 0 spiro atoms. The molecular formula is C15H28N4O2. The van der Waals surface area contributed by atoms with Crippen LogP contribution in [0.25, 0.3) is 0 Å². The number of aromatic nitrogens is 1.